The van der Waals surface area contributed by atoms with Gasteiger partial charge in [-0.2, -0.15) is 13.2 Å². The Labute approximate surface area is 181 Å². The minimum absolute atomic E-state index is 0.0463. The molecule has 168 valence electrons. The first-order valence-electron chi connectivity index (χ1n) is 10.5. The van der Waals surface area contributed by atoms with Crippen LogP contribution in [0.4, 0.5) is 13.2 Å². The summed E-state index contributed by atoms with van der Waals surface area (Å²) in [7, 11) is 0. The molecule has 3 aromatic rings. The van der Waals surface area contributed by atoms with E-state index in [0.29, 0.717) is 36.3 Å². The summed E-state index contributed by atoms with van der Waals surface area (Å²) in [4.78, 5) is 33.0. The fourth-order valence-corrected chi connectivity index (χ4v) is 4.28. The molecule has 3 aromatic heterocycles. The summed E-state index contributed by atoms with van der Waals surface area (Å²) < 4.78 is 48.0. The van der Waals surface area contributed by atoms with Crippen LogP contribution in [0.3, 0.4) is 0 Å². The van der Waals surface area contributed by atoms with Crippen LogP contribution in [-0.4, -0.2) is 56.7 Å². The second-order valence-corrected chi connectivity index (χ2v) is 8.15. The molecule has 0 bridgehead atoms. The van der Waals surface area contributed by atoms with Crippen LogP contribution in [-0.2, 0) is 17.4 Å². The summed E-state index contributed by atoms with van der Waals surface area (Å²) >= 11 is 0. The van der Waals surface area contributed by atoms with E-state index in [-0.39, 0.29) is 29.8 Å². The summed E-state index contributed by atoms with van der Waals surface area (Å²) in [6.45, 7) is 2.44. The van der Waals surface area contributed by atoms with E-state index in [1.165, 1.54) is 28.0 Å². The van der Waals surface area contributed by atoms with E-state index in [9.17, 15) is 22.8 Å². The van der Waals surface area contributed by atoms with Crippen molar-refractivity contribution in [3.05, 3.63) is 47.8 Å². The van der Waals surface area contributed by atoms with Crippen molar-refractivity contribution < 1.29 is 27.2 Å². The number of fused-ring (bicyclic) bond motifs is 1. The van der Waals surface area contributed by atoms with Gasteiger partial charge in [0.05, 0.1) is 23.8 Å². The number of rotatable bonds is 4. The lowest BCUT2D eigenvalue weighted by atomic mass is 10.1. The first kappa shape index (κ1) is 20.6. The van der Waals surface area contributed by atoms with Gasteiger partial charge in [-0.15, -0.1) is 0 Å². The molecule has 0 unspecified atom stereocenters. The van der Waals surface area contributed by atoms with Gasteiger partial charge < -0.3 is 18.6 Å². The predicted molar refractivity (Wildman–Crippen MR) is 108 cm³/mol. The zero-order valence-corrected chi connectivity index (χ0v) is 17.4. The van der Waals surface area contributed by atoms with Crippen LogP contribution in [0.1, 0.15) is 41.5 Å². The topological polar surface area (TPSA) is 71.1 Å². The summed E-state index contributed by atoms with van der Waals surface area (Å²) in [6.07, 6.45) is 1.87. The van der Waals surface area contributed by atoms with E-state index in [1.807, 2.05) is 0 Å². The maximum absolute atomic E-state index is 13.9. The molecule has 0 spiro atoms. The van der Waals surface area contributed by atoms with E-state index in [0.717, 1.165) is 18.9 Å². The molecule has 1 aliphatic carbocycles. The Morgan fingerprint density at radius 2 is 2.03 bits per heavy atom. The number of piperazine rings is 1. The Bertz CT molecular complexity index is 1200. The Hall–Kier alpha value is -3.30. The number of hydrogen-bond donors (Lipinski definition) is 0. The molecule has 1 aliphatic heterocycles. The molecule has 2 aliphatic rings. The molecule has 10 heteroatoms. The molecule has 7 nitrogen and oxygen atoms in total. The number of alkyl halides is 3. The van der Waals surface area contributed by atoms with E-state index in [4.69, 9.17) is 4.42 Å². The van der Waals surface area contributed by atoms with Crippen molar-refractivity contribution in [2.75, 3.05) is 19.6 Å². The maximum atomic E-state index is 13.9. The predicted octanol–water partition coefficient (Wildman–Crippen LogP) is 3.62. The van der Waals surface area contributed by atoms with Crippen molar-refractivity contribution in [1.82, 2.24) is 19.2 Å². The number of carbonyl (C=O) groups excluding carboxylic acids is 2. The Morgan fingerprint density at radius 3 is 2.62 bits per heavy atom. The first-order valence-corrected chi connectivity index (χ1v) is 10.5. The van der Waals surface area contributed by atoms with Crippen LogP contribution in [0.5, 0.6) is 0 Å². The van der Waals surface area contributed by atoms with Gasteiger partial charge >= 0.3 is 6.18 Å². The van der Waals surface area contributed by atoms with Crippen molar-refractivity contribution in [3.8, 4) is 11.1 Å². The highest BCUT2D eigenvalue weighted by Gasteiger charge is 2.39. The quantitative estimate of drug-likeness (QED) is 0.614. The number of amides is 2. The van der Waals surface area contributed by atoms with E-state index < -0.39 is 17.6 Å². The Kier molecular flexibility index (Phi) is 4.75. The van der Waals surface area contributed by atoms with E-state index >= 15 is 0 Å². The van der Waals surface area contributed by atoms with Gasteiger partial charge in [-0.25, -0.2) is 4.98 Å². The lowest BCUT2D eigenvalue weighted by Gasteiger charge is -2.34. The largest absolute Gasteiger partial charge is 0.472 e. The number of imidazole rings is 1. The second-order valence-electron chi connectivity index (χ2n) is 8.15. The van der Waals surface area contributed by atoms with Crippen molar-refractivity contribution >= 4 is 17.5 Å². The summed E-state index contributed by atoms with van der Waals surface area (Å²) in [5.74, 6) is -0.653. The monoisotopic (exact) mass is 446 g/mol. The van der Waals surface area contributed by atoms with Gasteiger partial charge in [0.15, 0.2) is 5.69 Å². The highest BCUT2D eigenvalue weighted by atomic mass is 19.4. The van der Waals surface area contributed by atoms with E-state index in [1.54, 1.807) is 17.9 Å². The first-order chi connectivity index (χ1) is 15.3. The molecule has 4 heterocycles. The minimum Gasteiger partial charge on any atom is -0.472 e. The van der Waals surface area contributed by atoms with E-state index in [2.05, 4.69) is 4.98 Å². The molecule has 0 radical (unpaired) electrons. The molecule has 2 fully saturated rings. The fourth-order valence-electron chi connectivity index (χ4n) is 4.28. The number of aryl methyl sites for hydroxylation is 1. The summed E-state index contributed by atoms with van der Waals surface area (Å²) in [6, 6.07) is 2.84. The lowest BCUT2D eigenvalue weighted by Crippen LogP contribution is -2.53. The molecule has 32 heavy (non-hydrogen) atoms. The SMILES string of the molecule is CCc1c(C(=O)N2CCN(C3CC3)C(=O)C2)nc2c(C(F)(F)F)cc(-c3ccoc3)cn12. The number of pyridine rings is 1. The normalized spacial score (nSPS) is 17.4. The van der Waals surface area contributed by atoms with Gasteiger partial charge in [0.1, 0.15) is 12.2 Å². The molecule has 1 saturated heterocycles. The molecular weight excluding hydrogens is 425 g/mol. The number of carbonyl (C=O) groups is 2. The van der Waals surface area contributed by atoms with Gasteiger partial charge in [-0.1, -0.05) is 6.92 Å². The Morgan fingerprint density at radius 1 is 1.25 bits per heavy atom. The second kappa shape index (κ2) is 7.39. The Balaban J connectivity index is 1.58. The fraction of sp³-hybridized carbons (Fsp3) is 0.409. The van der Waals surface area contributed by atoms with Crippen LogP contribution in [0, 0.1) is 0 Å². The van der Waals surface area contributed by atoms with Gasteiger partial charge in [0, 0.05) is 36.5 Å². The molecule has 2 amide bonds. The molecular formula is C22H21F3N4O3. The maximum Gasteiger partial charge on any atom is 0.420 e. The third-order valence-corrected chi connectivity index (χ3v) is 6.05. The average Bonchev–Trinajstić information content (AvgIpc) is 3.31. The van der Waals surface area contributed by atoms with Crippen LogP contribution in [0.2, 0.25) is 0 Å². The van der Waals surface area contributed by atoms with Gasteiger partial charge in [0.2, 0.25) is 5.91 Å². The minimum atomic E-state index is -4.66. The number of halogens is 3. The van der Waals surface area contributed by atoms with Crippen LogP contribution < -0.4 is 0 Å². The average molecular weight is 446 g/mol. The number of nitrogens with zero attached hydrogens (tertiary/aromatic N) is 4. The lowest BCUT2D eigenvalue weighted by molar-refractivity contribution is -0.137. The zero-order chi connectivity index (χ0) is 22.6. The highest BCUT2D eigenvalue weighted by molar-refractivity contribution is 5.97. The molecule has 0 atom stereocenters. The third-order valence-electron chi connectivity index (χ3n) is 6.05. The molecule has 1 saturated carbocycles. The number of furan rings is 1. The zero-order valence-electron chi connectivity index (χ0n) is 17.4. The van der Waals surface area contributed by atoms with Crippen LogP contribution in [0.25, 0.3) is 16.8 Å². The van der Waals surface area contributed by atoms with Gasteiger partial charge in [0.25, 0.3) is 5.91 Å². The third kappa shape index (κ3) is 3.43. The molecule has 5 rings (SSSR count). The van der Waals surface area contributed by atoms with Crippen molar-refractivity contribution in [3.63, 3.8) is 0 Å². The van der Waals surface area contributed by atoms with Crippen molar-refractivity contribution in [2.24, 2.45) is 0 Å². The smallest absolute Gasteiger partial charge is 0.420 e. The number of hydrogen-bond acceptors (Lipinski definition) is 4. The number of aromatic nitrogens is 2. The van der Waals surface area contributed by atoms with Crippen LogP contribution in [0.15, 0.2) is 35.3 Å². The van der Waals surface area contributed by atoms with Crippen molar-refractivity contribution in [1.29, 1.82) is 0 Å². The highest BCUT2D eigenvalue weighted by Crippen LogP contribution is 2.36. The van der Waals surface area contributed by atoms with Gasteiger partial charge in [-0.05, 0) is 31.4 Å². The molecule has 0 aromatic carbocycles. The van der Waals surface area contributed by atoms with Gasteiger partial charge in [-0.3, -0.25) is 9.59 Å². The van der Waals surface area contributed by atoms with Crippen LogP contribution >= 0.6 is 0 Å². The van der Waals surface area contributed by atoms with Crippen molar-refractivity contribution in [2.45, 2.75) is 38.4 Å². The standard InChI is InChI=1S/C22H21F3N4O3/c1-2-17-19(21(31)27-6-7-28(15-3-4-15)18(30)11-27)26-20-16(22(23,24)25)9-14(10-29(17)20)13-5-8-32-12-13/h5,8-10,12,15H,2-4,6-7,11H2,1H3. The molecule has 0 N–H and O–H groups in total. The summed E-state index contributed by atoms with van der Waals surface area (Å²) in [5, 5.41) is 0. The summed E-state index contributed by atoms with van der Waals surface area (Å²) in [5.41, 5.74) is -0.138.